The fourth-order valence-electron chi connectivity index (χ4n) is 3.39. The van der Waals surface area contributed by atoms with Gasteiger partial charge in [-0.1, -0.05) is 30.9 Å². The number of anilines is 1. The molecule has 0 bridgehead atoms. The molecule has 1 aromatic carbocycles. The van der Waals surface area contributed by atoms with Gasteiger partial charge in [-0.3, -0.25) is 19.0 Å². The number of carbonyl (C=O) groups excluding carboxylic acids is 3. The number of rotatable bonds is 3. The highest BCUT2D eigenvalue weighted by atomic mass is 35.5. The maximum absolute atomic E-state index is 12.9. The van der Waals surface area contributed by atoms with E-state index in [4.69, 9.17) is 11.6 Å². The fraction of sp³-hybridized carbons (Fsp3) is 0.438. The second-order valence-corrected chi connectivity index (χ2v) is 8.22. The molecule has 1 aliphatic heterocycles. The van der Waals surface area contributed by atoms with Crippen molar-refractivity contribution < 1.29 is 27.4 Å². The van der Waals surface area contributed by atoms with E-state index in [9.17, 15) is 27.4 Å². The highest BCUT2D eigenvalue weighted by Gasteiger charge is 2.42. The topological polar surface area (TPSA) is 112 Å². The molecule has 0 unspecified atom stereocenters. The number of urea groups is 1. The molecule has 1 aromatic rings. The predicted molar refractivity (Wildman–Crippen MR) is 92.5 cm³/mol. The van der Waals surface area contributed by atoms with Crippen LogP contribution in [-0.2, 0) is 19.7 Å². The molecule has 0 aromatic heterocycles. The van der Waals surface area contributed by atoms with E-state index < -0.39 is 39.3 Å². The van der Waals surface area contributed by atoms with Gasteiger partial charge < -0.3 is 0 Å². The molecular formula is C16H17ClN2O6S. The highest BCUT2D eigenvalue weighted by molar-refractivity contribution is 7.85. The Bertz CT molecular complexity index is 879. The van der Waals surface area contributed by atoms with E-state index in [1.807, 2.05) is 0 Å². The number of carbonyl (C=O) groups is 3. The molecule has 10 heteroatoms. The van der Waals surface area contributed by atoms with E-state index in [1.165, 1.54) is 6.07 Å². The first-order valence-electron chi connectivity index (χ1n) is 8.15. The maximum atomic E-state index is 12.9. The Morgan fingerprint density at radius 2 is 1.65 bits per heavy atom. The molecule has 1 saturated carbocycles. The molecule has 1 N–H and O–H groups in total. The Morgan fingerprint density at radius 1 is 1.00 bits per heavy atom. The third kappa shape index (κ3) is 3.60. The Balaban J connectivity index is 2.01. The van der Waals surface area contributed by atoms with E-state index in [1.54, 1.807) is 0 Å². The first-order valence-corrected chi connectivity index (χ1v) is 9.97. The van der Waals surface area contributed by atoms with E-state index >= 15 is 0 Å². The molecule has 1 heterocycles. The number of amides is 4. The quantitative estimate of drug-likeness (QED) is 0.616. The molecule has 0 spiro atoms. The normalized spacial score (nSPS) is 20.0. The van der Waals surface area contributed by atoms with E-state index in [0.29, 0.717) is 12.8 Å². The summed E-state index contributed by atoms with van der Waals surface area (Å²) >= 11 is 5.88. The number of benzene rings is 1. The van der Waals surface area contributed by atoms with Crippen molar-refractivity contribution in [3.63, 3.8) is 0 Å². The summed E-state index contributed by atoms with van der Waals surface area (Å²) in [5.41, 5.74) is -0.103. The van der Waals surface area contributed by atoms with Crippen molar-refractivity contribution in [2.45, 2.75) is 49.5 Å². The third-order valence-electron chi connectivity index (χ3n) is 4.57. The van der Waals surface area contributed by atoms with Crippen molar-refractivity contribution in [2.75, 3.05) is 4.90 Å². The minimum Gasteiger partial charge on any atom is -0.282 e. The van der Waals surface area contributed by atoms with E-state index in [2.05, 4.69) is 0 Å². The molecule has 0 atom stereocenters. The molecular weight excluding hydrogens is 384 g/mol. The van der Waals surface area contributed by atoms with Gasteiger partial charge in [0.25, 0.3) is 10.1 Å². The fourth-order valence-corrected chi connectivity index (χ4v) is 4.23. The molecule has 2 aliphatic rings. The van der Waals surface area contributed by atoms with Crippen LogP contribution < -0.4 is 4.90 Å². The number of halogens is 1. The molecule has 26 heavy (non-hydrogen) atoms. The maximum Gasteiger partial charge on any atom is 0.338 e. The predicted octanol–water partition coefficient (Wildman–Crippen LogP) is 2.60. The average molecular weight is 401 g/mol. The van der Waals surface area contributed by atoms with Gasteiger partial charge >= 0.3 is 6.03 Å². The molecule has 3 rings (SSSR count). The summed E-state index contributed by atoms with van der Waals surface area (Å²) in [4.78, 5) is 38.8. The second kappa shape index (κ2) is 6.98. The van der Waals surface area contributed by atoms with Gasteiger partial charge in [0.2, 0.25) is 11.8 Å². The molecule has 0 radical (unpaired) electrons. The highest BCUT2D eigenvalue weighted by Crippen LogP contribution is 2.31. The molecule has 1 aliphatic carbocycles. The van der Waals surface area contributed by atoms with Gasteiger partial charge in [-0.2, -0.15) is 8.42 Å². The zero-order valence-electron chi connectivity index (χ0n) is 13.7. The lowest BCUT2D eigenvalue weighted by Gasteiger charge is -2.39. The number of hydrogen-bond donors (Lipinski definition) is 1. The standard InChI is InChI=1S/C16H17ClN2O6S/c17-10-6-12(8-13(7-10)26(23,24)25)19-15(21)9-14(20)18(16(19)22)11-4-2-1-3-5-11/h6-8,11H,1-5,9H2,(H,23,24,25). The summed E-state index contributed by atoms with van der Waals surface area (Å²) in [7, 11) is -4.58. The van der Waals surface area contributed by atoms with Crippen molar-refractivity contribution in [1.29, 1.82) is 0 Å². The van der Waals surface area contributed by atoms with Crippen molar-refractivity contribution in [2.24, 2.45) is 0 Å². The van der Waals surface area contributed by atoms with Crippen LogP contribution in [0, 0.1) is 0 Å². The van der Waals surface area contributed by atoms with Crippen molar-refractivity contribution in [3.05, 3.63) is 23.2 Å². The van der Waals surface area contributed by atoms with E-state index in [0.717, 1.165) is 41.2 Å². The lowest BCUT2D eigenvalue weighted by atomic mass is 9.93. The lowest BCUT2D eigenvalue weighted by molar-refractivity contribution is -0.136. The first-order chi connectivity index (χ1) is 12.2. The summed E-state index contributed by atoms with van der Waals surface area (Å²) < 4.78 is 32.0. The molecule has 140 valence electrons. The summed E-state index contributed by atoms with van der Waals surface area (Å²) in [5, 5.41) is -0.0724. The lowest BCUT2D eigenvalue weighted by Crippen LogP contribution is -2.58. The number of barbiturate groups is 1. The largest absolute Gasteiger partial charge is 0.338 e. The molecule has 1 saturated heterocycles. The Labute approximate surface area is 155 Å². The van der Waals surface area contributed by atoms with Crippen molar-refractivity contribution >= 4 is 45.3 Å². The van der Waals surface area contributed by atoms with Gasteiger partial charge in [0.1, 0.15) is 6.42 Å². The Morgan fingerprint density at radius 3 is 2.27 bits per heavy atom. The van der Waals surface area contributed by atoms with Gasteiger partial charge in [-0.05, 0) is 31.0 Å². The minimum absolute atomic E-state index is 0.0724. The zero-order valence-corrected chi connectivity index (χ0v) is 15.3. The van der Waals surface area contributed by atoms with Gasteiger partial charge in [-0.25, -0.2) is 9.69 Å². The second-order valence-electron chi connectivity index (χ2n) is 6.36. The average Bonchev–Trinajstić information content (AvgIpc) is 2.54. The number of nitrogens with zero attached hydrogens (tertiary/aromatic N) is 2. The monoisotopic (exact) mass is 400 g/mol. The van der Waals surface area contributed by atoms with Gasteiger partial charge in [0.15, 0.2) is 0 Å². The molecule has 2 fully saturated rings. The minimum atomic E-state index is -4.58. The number of hydrogen-bond acceptors (Lipinski definition) is 5. The van der Waals surface area contributed by atoms with Crippen LogP contribution in [0.3, 0.4) is 0 Å². The first kappa shape index (κ1) is 18.8. The van der Waals surface area contributed by atoms with Crippen LogP contribution in [0.1, 0.15) is 38.5 Å². The van der Waals surface area contributed by atoms with Crippen LogP contribution >= 0.6 is 11.6 Å². The van der Waals surface area contributed by atoms with Crippen LogP contribution in [0.15, 0.2) is 23.1 Å². The molecule has 8 nitrogen and oxygen atoms in total. The summed E-state index contributed by atoms with van der Waals surface area (Å²) in [6.45, 7) is 0. The van der Waals surface area contributed by atoms with Crippen molar-refractivity contribution in [3.8, 4) is 0 Å². The molecule has 4 amide bonds. The van der Waals surface area contributed by atoms with Crippen LogP contribution in [0.2, 0.25) is 5.02 Å². The van der Waals surface area contributed by atoms with Crippen LogP contribution in [0.25, 0.3) is 0 Å². The number of imide groups is 2. The summed E-state index contributed by atoms with van der Waals surface area (Å²) in [6.07, 6.45) is 3.66. The third-order valence-corrected chi connectivity index (χ3v) is 5.62. The van der Waals surface area contributed by atoms with Gasteiger partial charge in [-0.15, -0.1) is 0 Å². The Kier molecular flexibility index (Phi) is 5.05. The smallest absolute Gasteiger partial charge is 0.282 e. The van der Waals surface area contributed by atoms with Crippen LogP contribution in [-0.4, -0.2) is 41.8 Å². The summed E-state index contributed by atoms with van der Waals surface area (Å²) in [5.74, 6) is -1.32. The van der Waals surface area contributed by atoms with Crippen LogP contribution in [0.4, 0.5) is 10.5 Å². The Hall–Kier alpha value is -1.97. The van der Waals surface area contributed by atoms with Gasteiger partial charge in [0, 0.05) is 11.1 Å². The van der Waals surface area contributed by atoms with E-state index in [-0.39, 0.29) is 16.8 Å². The van der Waals surface area contributed by atoms with Crippen LogP contribution in [0.5, 0.6) is 0 Å². The van der Waals surface area contributed by atoms with Crippen molar-refractivity contribution in [1.82, 2.24) is 4.90 Å². The van der Waals surface area contributed by atoms with Gasteiger partial charge in [0.05, 0.1) is 10.6 Å². The SMILES string of the molecule is O=C1CC(=O)N(C2CCCCC2)C(=O)N1c1cc(Cl)cc(S(=O)(=O)O)c1. The summed E-state index contributed by atoms with van der Waals surface area (Å²) in [6, 6.07) is 2.12. The zero-order chi connectivity index (χ0) is 19.1.